The second-order valence-electron chi connectivity index (χ2n) is 5.25. The number of aromatic nitrogens is 1. The normalized spacial score (nSPS) is 22.6. The summed E-state index contributed by atoms with van der Waals surface area (Å²) >= 11 is 0. The van der Waals surface area contributed by atoms with Gasteiger partial charge in [-0.3, -0.25) is 9.88 Å². The summed E-state index contributed by atoms with van der Waals surface area (Å²) < 4.78 is 0. The lowest BCUT2D eigenvalue weighted by Gasteiger charge is -2.26. The lowest BCUT2D eigenvalue weighted by atomic mass is 10.0. The van der Waals surface area contributed by atoms with Crippen LogP contribution in [0, 0.1) is 5.92 Å². The van der Waals surface area contributed by atoms with Crippen LogP contribution in [0.2, 0.25) is 0 Å². The highest BCUT2D eigenvalue weighted by Crippen LogP contribution is 2.11. The van der Waals surface area contributed by atoms with Gasteiger partial charge in [0.1, 0.15) is 0 Å². The number of rotatable bonds is 3. The molecule has 1 saturated heterocycles. The van der Waals surface area contributed by atoms with Crippen LogP contribution in [0.4, 0.5) is 0 Å². The van der Waals surface area contributed by atoms with Gasteiger partial charge in [-0.05, 0) is 43.1 Å². The van der Waals surface area contributed by atoms with Gasteiger partial charge < -0.3 is 5.32 Å². The SMILES string of the molecule is CC(C)C1CN(Cc2ccncc2)CCCN1. The minimum Gasteiger partial charge on any atom is -0.312 e. The smallest absolute Gasteiger partial charge is 0.0271 e. The van der Waals surface area contributed by atoms with Crippen molar-refractivity contribution in [2.75, 3.05) is 19.6 Å². The van der Waals surface area contributed by atoms with E-state index in [2.05, 4.69) is 41.2 Å². The van der Waals surface area contributed by atoms with E-state index in [0.29, 0.717) is 12.0 Å². The number of hydrogen-bond donors (Lipinski definition) is 1. The van der Waals surface area contributed by atoms with E-state index in [1.807, 2.05) is 12.4 Å². The summed E-state index contributed by atoms with van der Waals surface area (Å²) in [6, 6.07) is 4.85. The van der Waals surface area contributed by atoms with Gasteiger partial charge in [0.05, 0.1) is 0 Å². The fraction of sp³-hybridized carbons (Fsp3) is 0.643. The van der Waals surface area contributed by atoms with E-state index in [4.69, 9.17) is 0 Å². The van der Waals surface area contributed by atoms with Crippen LogP contribution in [-0.4, -0.2) is 35.6 Å². The van der Waals surface area contributed by atoms with Gasteiger partial charge in [-0.15, -0.1) is 0 Å². The Kier molecular flexibility index (Phi) is 4.51. The zero-order chi connectivity index (χ0) is 12.1. The molecule has 17 heavy (non-hydrogen) atoms. The molecular formula is C14H23N3. The highest BCUT2D eigenvalue weighted by Gasteiger charge is 2.19. The van der Waals surface area contributed by atoms with E-state index in [1.165, 1.54) is 18.5 Å². The first kappa shape index (κ1) is 12.5. The summed E-state index contributed by atoms with van der Waals surface area (Å²) in [6.07, 6.45) is 5.00. The zero-order valence-corrected chi connectivity index (χ0v) is 10.9. The summed E-state index contributed by atoms with van der Waals surface area (Å²) in [5, 5.41) is 3.64. The summed E-state index contributed by atoms with van der Waals surface area (Å²) in [5.41, 5.74) is 1.37. The molecule has 1 unspecified atom stereocenters. The number of hydrogen-bond acceptors (Lipinski definition) is 3. The molecule has 0 amide bonds. The molecule has 1 aliphatic rings. The number of nitrogens with zero attached hydrogens (tertiary/aromatic N) is 2. The van der Waals surface area contributed by atoms with Gasteiger partial charge in [-0.1, -0.05) is 13.8 Å². The molecule has 0 spiro atoms. The second-order valence-corrected chi connectivity index (χ2v) is 5.25. The van der Waals surface area contributed by atoms with Crippen molar-refractivity contribution in [2.45, 2.75) is 32.9 Å². The molecule has 0 aliphatic carbocycles. The first-order valence-electron chi connectivity index (χ1n) is 6.60. The van der Waals surface area contributed by atoms with Crippen LogP contribution in [0.5, 0.6) is 0 Å². The molecule has 1 N–H and O–H groups in total. The van der Waals surface area contributed by atoms with Crippen LogP contribution < -0.4 is 5.32 Å². The summed E-state index contributed by atoms with van der Waals surface area (Å²) in [4.78, 5) is 6.62. The predicted molar refractivity (Wildman–Crippen MR) is 70.8 cm³/mol. The maximum atomic E-state index is 4.07. The maximum absolute atomic E-state index is 4.07. The van der Waals surface area contributed by atoms with Crippen LogP contribution in [0.3, 0.4) is 0 Å². The third-order valence-electron chi connectivity index (χ3n) is 3.47. The van der Waals surface area contributed by atoms with Crippen molar-refractivity contribution in [3.8, 4) is 0 Å². The van der Waals surface area contributed by atoms with Crippen LogP contribution in [0.25, 0.3) is 0 Å². The monoisotopic (exact) mass is 233 g/mol. The number of nitrogens with one attached hydrogen (secondary N) is 1. The average molecular weight is 233 g/mol. The summed E-state index contributed by atoms with van der Waals surface area (Å²) in [6.45, 7) is 9.14. The Labute approximate surface area is 104 Å². The van der Waals surface area contributed by atoms with Gasteiger partial charge in [-0.25, -0.2) is 0 Å². The molecule has 1 aliphatic heterocycles. The average Bonchev–Trinajstić information content (AvgIpc) is 2.56. The molecule has 1 atom stereocenters. The third-order valence-corrected chi connectivity index (χ3v) is 3.47. The molecule has 94 valence electrons. The standard InChI is InChI=1S/C14H23N3/c1-12(2)14-11-17(9-3-6-16-14)10-13-4-7-15-8-5-13/h4-5,7-8,12,14,16H,3,6,9-11H2,1-2H3. The molecule has 3 heteroatoms. The van der Waals surface area contributed by atoms with E-state index >= 15 is 0 Å². The van der Waals surface area contributed by atoms with Gasteiger partial charge in [0.15, 0.2) is 0 Å². The summed E-state index contributed by atoms with van der Waals surface area (Å²) in [7, 11) is 0. The quantitative estimate of drug-likeness (QED) is 0.864. The van der Waals surface area contributed by atoms with Gasteiger partial charge in [0.2, 0.25) is 0 Å². The lowest BCUT2D eigenvalue weighted by Crippen LogP contribution is -2.40. The van der Waals surface area contributed by atoms with E-state index in [1.54, 1.807) is 0 Å². The third kappa shape index (κ3) is 3.79. The molecule has 2 rings (SSSR count). The molecule has 0 saturated carbocycles. The largest absolute Gasteiger partial charge is 0.312 e. The Balaban J connectivity index is 1.95. The minimum absolute atomic E-state index is 0.624. The second kappa shape index (κ2) is 6.12. The Bertz CT molecular complexity index is 323. The molecule has 1 aromatic heterocycles. The Morgan fingerprint density at radius 1 is 1.41 bits per heavy atom. The molecule has 0 bridgehead atoms. The molecule has 0 radical (unpaired) electrons. The van der Waals surface area contributed by atoms with Gasteiger partial charge in [0, 0.05) is 31.5 Å². The van der Waals surface area contributed by atoms with Gasteiger partial charge >= 0.3 is 0 Å². The lowest BCUT2D eigenvalue weighted by molar-refractivity contribution is 0.238. The maximum Gasteiger partial charge on any atom is 0.0271 e. The molecule has 2 heterocycles. The Morgan fingerprint density at radius 2 is 2.18 bits per heavy atom. The minimum atomic E-state index is 0.624. The van der Waals surface area contributed by atoms with Crippen molar-refractivity contribution < 1.29 is 0 Å². The fourth-order valence-electron chi connectivity index (χ4n) is 2.36. The first-order chi connectivity index (χ1) is 8.25. The van der Waals surface area contributed by atoms with E-state index in [-0.39, 0.29) is 0 Å². The van der Waals surface area contributed by atoms with E-state index in [0.717, 1.165) is 19.6 Å². The van der Waals surface area contributed by atoms with Crippen LogP contribution >= 0.6 is 0 Å². The van der Waals surface area contributed by atoms with Crippen molar-refractivity contribution in [2.24, 2.45) is 5.92 Å². The summed E-state index contributed by atoms with van der Waals surface area (Å²) in [5.74, 6) is 0.702. The van der Waals surface area contributed by atoms with Crippen LogP contribution in [0.1, 0.15) is 25.8 Å². The molecule has 1 fully saturated rings. The van der Waals surface area contributed by atoms with Crippen molar-refractivity contribution in [3.05, 3.63) is 30.1 Å². The predicted octanol–water partition coefficient (Wildman–Crippen LogP) is 1.90. The van der Waals surface area contributed by atoms with Crippen molar-refractivity contribution in [1.29, 1.82) is 0 Å². The van der Waals surface area contributed by atoms with Crippen LogP contribution in [-0.2, 0) is 6.54 Å². The topological polar surface area (TPSA) is 28.2 Å². The molecule has 1 aromatic rings. The molecule has 3 nitrogen and oxygen atoms in total. The highest BCUT2D eigenvalue weighted by molar-refractivity contribution is 5.09. The van der Waals surface area contributed by atoms with E-state index < -0.39 is 0 Å². The van der Waals surface area contributed by atoms with Gasteiger partial charge in [0.25, 0.3) is 0 Å². The van der Waals surface area contributed by atoms with Crippen molar-refractivity contribution in [1.82, 2.24) is 15.2 Å². The highest BCUT2D eigenvalue weighted by atomic mass is 15.2. The molecule has 0 aromatic carbocycles. The molecular weight excluding hydrogens is 210 g/mol. The number of pyridine rings is 1. The zero-order valence-electron chi connectivity index (χ0n) is 10.9. The first-order valence-corrected chi connectivity index (χ1v) is 6.60. The van der Waals surface area contributed by atoms with E-state index in [9.17, 15) is 0 Å². The van der Waals surface area contributed by atoms with Crippen molar-refractivity contribution in [3.63, 3.8) is 0 Å². The Morgan fingerprint density at radius 3 is 2.88 bits per heavy atom. The van der Waals surface area contributed by atoms with Crippen molar-refractivity contribution >= 4 is 0 Å². The van der Waals surface area contributed by atoms with Gasteiger partial charge in [-0.2, -0.15) is 0 Å². The Hall–Kier alpha value is -0.930. The van der Waals surface area contributed by atoms with Crippen LogP contribution in [0.15, 0.2) is 24.5 Å². The fourth-order valence-corrected chi connectivity index (χ4v) is 2.36.